The first-order chi connectivity index (χ1) is 17.8. The van der Waals surface area contributed by atoms with Crippen LogP contribution in [0.1, 0.15) is 21.5 Å². The summed E-state index contributed by atoms with van der Waals surface area (Å²) in [6.45, 7) is 0. The van der Waals surface area contributed by atoms with Gasteiger partial charge in [-0.2, -0.15) is 0 Å². The van der Waals surface area contributed by atoms with E-state index in [1.807, 2.05) is 30.4 Å². The summed E-state index contributed by atoms with van der Waals surface area (Å²) in [5.41, 5.74) is 2.47. The zero-order valence-corrected chi connectivity index (χ0v) is 21.9. The van der Waals surface area contributed by atoms with E-state index in [2.05, 4.69) is 5.32 Å². The van der Waals surface area contributed by atoms with Crippen LogP contribution in [-0.4, -0.2) is 46.4 Å². The lowest BCUT2D eigenvalue weighted by atomic mass is 10.1. The van der Waals surface area contributed by atoms with Crippen molar-refractivity contribution in [3.8, 4) is 34.5 Å². The fraction of sp³-hybridized carbons (Fsp3) is 0.179. The summed E-state index contributed by atoms with van der Waals surface area (Å²) < 4.78 is 26.6. The Morgan fingerprint density at radius 2 is 1.38 bits per heavy atom. The van der Waals surface area contributed by atoms with Crippen molar-refractivity contribution in [1.82, 2.24) is 0 Å². The minimum absolute atomic E-state index is 0.116. The standard InChI is InChI=1S/C28H28ClNO7/c1-33-24-9-8-19(16-23(24)32)22(31)10-11-30-21-13-17(12-20(29)27(21)36-4)6-7-18-14-25(34-2)28(37-5)26(15-18)35-3/h6-16,30,32H,1-5H3. The number of nitrogens with one attached hydrogen (secondary N) is 1. The fourth-order valence-corrected chi connectivity index (χ4v) is 3.87. The molecule has 0 radical (unpaired) electrons. The normalized spacial score (nSPS) is 11.0. The SMILES string of the molecule is COc1ccc(C(=O)C=CNc2cc(C=Cc3cc(OC)c(OC)c(OC)c3)cc(Cl)c2OC)cc1O. The van der Waals surface area contributed by atoms with Gasteiger partial charge in [0.05, 0.1) is 46.3 Å². The molecule has 0 saturated heterocycles. The smallest absolute Gasteiger partial charge is 0.203 e. The highest BCUT2D eigenvalue weighted by Gasteiger charge is 2.13. The first kappa shape index (κ1) is 27.3. The van der Waals surface area contributed by atoms with Gasteiger partial charge < -0.3 is 34.1 Å². The molecule has 9 heteroatoms. The average molecular weight is 526 g/mol. The molecular weight excluding hydrogens is 498 g/mol. The number of ether oxygens (including phenoxy) is 5. The Hall–Kier alpha value is -4.30. The summed E-state index contributed by atoms with van der Waals surface area (Å²) in [5, 5.41) is 13.3. The quantitative estimate of drug-likeness (QED) is 0.177. The number of aromatic hydroxyl groups is 1. The van der Waals surface area contributed by atoms with Crippen molar-refractivity contribution in [3.05, 3.63) is 76.5 Å². The van der Waals surface area contributed by atoms with Crippen molar-refractivity contribution in [3.63, 3.8) is 0 Å². The Bertz CT molecular complexity index is 1310. The monoisotopic (exact) mass is 525 g/mol. The molecule has 3 aromatic carbocycles. The van der Waals surface area contributed by atoms with E-state index in [1.54, 1.807) is 33.5 Å². The number of benzene rings is 3. The Morgan fingerprint density at radius 3 is 1.92 bits per heavy atom. The molecule has 0 heterocycles. The van der Waals surface area contributed by atoms with Gasteiger partial charge in [-0.15, -0.1) is 0 Å². The number of allylic oxidation sites excluding steroid dienone is 1. The molecule has 8 nitrogen and oxygen atoms in total. The predicted molar refractivity (Wildman–Crippen MR) is 145 cm³/mol. The molecule has 0 unspecified atom stereocenters. The van der Waals surface area contributed by atoms with Crippen molar-refractivity contribution >= 4 is 35.2 Å². The molecule has 0 aliphatic heterocycles. The highest BCUT2D eigenvalue weighted by molar-refractivity contribution is 6.32. The number of rotatable bonds is 11. The summed E-state index contributed by atoms with van der Waals surface area (Å²) in [5.74, 6) is 1.87. The van der Waals surface area contributed by atoms with Crippen molar-refractivity contribution in [2.75, 3.05) is 40.9 Å². The molecule has 0 amide bonds. The summed E-state index contributed by atoms with van der Waals surface area (Å²) in [6.07, 6.45) is 6.56. The Balaban J connectivity index is 1.84. The molecule has 2 N–H and O–H groups in total. The van der Waals surface area contributed by atoms with E-state index in [9.17, 15) is 9.90 Å². The molecule has 0 saturated carbocycles. The molecule has 37 heavy (non-hydrogen) atoms. The van der Waals surface area contributed by atoms with E-state index in [0.29, 0.717) is 39.3 Å². The van der Waals surface area contributed by atoms with Crippen LogP contribution in [0.4, 0.5) is 5.69 Å². The second kappa shape index (κ2) is 12.6. The fourth-order valence-electron chi connectivity index (χ4n) is 3.56. The van der Waals surface area contributed by atoms with Gasteiger partial charge in [-0.05, 0) is 53.6 Å². The van der Waals surface area contributed by atoms with Gasteiger partial charge in [0.1, 0.15) is 0 Å². The number of ketones is 1. The number of halogens is 1. The van der Waals surface area contributed by atoms with Crippen LogP contribution in [0.2, 0.25) is 5.02 Å². The maximum atomic E-state index is 12.5. The molecule has 0 fully saturated rings. The third kappa shape index (κ3) is 6.48. The van der Waals surface area contributed by atoms with E-state index < -0.39 is 0 Å². The van der Waals surface area contributed by atoms with E-state index in [0.717, 1.165) is 11.1 Å². The summed E-state index contributed by atoms with van der Waals surface area (Å²) >= 11 is 6.45. The lowest BCUT2D eigenvalue weighted by Crippen LogP contribution is -1.99. The third-order valence-corrected chi connectivity index (χ3v) is 5.64. The van der Waals surface area contributed by atoms with Gasteiger partial charge in [0.15, 0.2) is 34.5 Å². The average Bonchev–Trinajstić information content (AvgIpc) is 2.90. The maximum Gasteiger partial charge on any atom is 0.203 e. The van der Waals surface area contributed by atoms with Crippen molar-refractivity contribution in [2.24, 2.45) is 0 Å². The van der Waals surface area contributed by atoms with Crippen molar-refractivity contribution in [1.29, 1.82) is 0 Å². The van der Waals surface area contributed by atoms with Crippen LogP contribution in [0.3, 0.4) is 0 Å². The van der Waals surface area contributed by atoms with E-state index in [-0.39, 0.29) is 17.3 Å². The highest BCUT2D eigenvalue weighted by atomic mass is 35.5. The van der Waals surface area contributed by atoms with E-state index >= 15 is 0 Å². The summed E-state index contributed by atoms with van der Waals surface area (Å²) in [7, 11) is 7.61. The molecule has 3 aromatic rings. The number of hydrogen-bond acceptors (Lipinski definition) is 8. The van der Waals surface area contributed by atoms with Crippen LogP contribution in [0.25, 0.3) is 12.2 Å². The first-order valence-electron chi connectivity index (χ1n) is 11.0. The van der Waals surface area contributed by atoms with E-state index in [1.165, 1.54) is 38.6 Å². The molecule has 194 valence electrons. The van der Waals surface area contributed by atoms with Crippen LogP contribution in [0.5, 0.6) is 34.5 Å². The van der Waals surface area contributed by atoms with Crippen LogP contribution in [0, 0.1) is 0 Å². The lowest BCUT2D eigenvalue weighted by Gasteiger charge is -2.13. The van der Waals surface area contributed by atoms with Gasteiger partial charge in [0, 0.05) is 17.8 Å². The zero-order valence-electron chi connectivity index (χ0n) is 21.1. The van der Waals surface area contributed by atoms with E-state index in [4.69, 9.17) is 35.3 Å². The van der Waals surface area contributed by atoms with Crippen LogP contribution >= 0.6 is 11.6 Å². The Kier molecular flexibility index (Phi) is 9.29. The van der Waals surface area contributed by atoms with Gasteiger partial charge in [-0.1, -0.05) is 23.8 Å². The van der Waals surface area contributed by atoms with Gasteiger partial charge >= 0.3 is 0 Å². The highest BCUT2D eigenvalue weighted by Crippen LogP contribution is 2.39. The second-order valence-corrected chi connectivity index (χ2v) is 8.01. The van der Waals surface area contributed by atoms with Gasteiger partial charge in [-0.25, -0.2) is 0 Å². The maximum absolute atomic E-state index is 12.5. The number of phenols is 1. The molecule has 3 rings (SSSR count). The predicted octanol–water partition coefficient (Wildman–Crippen LogP) is 6.07. The molecule has 0 aliphatic rings. The van der Waals surface area contributed by atoms with Crippen LogP contribution in [-0.2, 0) is 0 Å². The van der Waals surface area contributed by atoms with Gasteiger partial charge in [-0.3, -0.25) is 4.79 Å². The Labute approximate surface area is 220 Å². The third-order valence-electron chi connectivity index (χ3n) is 5.36. The number of carbonyl (C=O) groups excluding carboxylic acids is 1. The zero-order chi connectivity index (χ0) is 26.9. The van der Waals surface area contributed by atoms with Crippen LogP contribution < -0.4 is 29.0 Å². The topological polar surface area (TPSA) is 95.5 Å². The number of methoxy groups -OCH3 is 5. The van der Waals surface area contributed by atoms with Crippen LogP contribution in [0.15, 0.2) is 54.7 Å². The molecule has 0 atom stereocenters. The molecule has 0 spiro atoms. The Morgan fingerprint density at radius 1 is 0.784 bits per heavy atom. The number of carbonyl (C=O) groups is 1. The molecule has 0 bridgehead atoms. The second-order valence-electron chi connectivity index (χ2n) is 7.60. The lowest BCUT2D eigenvalue weighted by molar-refractivity contribution is 0.104. The molecular formula is C28H28ClNO7. The summed E-state index contributed by atoms with van der Waals surface area (Å²) in [6, 6.07) is 11.7. The van der Waals surface area contributed by atoms with Gasteiger partial charge in [0.25, 0.3) is 0 Å². The minimum Gasteiger partial charge on any atom is -0.504 e. The first-order valence-corrected chi connectivity index (χ1v) is 11.4. The van der Waals surface area contributed by atoms with Gasteiger partial charge in [0.2, 0.25) is 5.75 Å². The molecule has 0 aromatic heterocycles. The van der Waals surface area contributed by atoms with Crippen molar-refractivity contribution in [2.45, 2.75) is 0 Å². The number of phenolic OH excluding ortho intramolecular Hbond substituents is 1. The number of anilines is 1. The van der Waals surface area contributed by atoms with Crippen molar-refractivity contribution < 1.29 is 33.6 Å². The number of hydrogen-bond donors (Lipinski definition) is 2. The molecule has 0 aliphatic carbocycles. The minimum atomic E-state index is -0.311. The summed E-state index contributed by atoms with van der Waals surface area (Å²) in [4.78, 5) is 12.5. The largest absolute Gasteiger partial charge is 0.504 e.